The number of urea groups is 1. The highest BCUT2D eigenvalue weighted by molar-refractivity contribution is 7.89. The summed E-state index contributed by atoms with van der Waals surface area (Å²) in [6, 6.07) is 3.43. The van der Waals surface area contributed by atoms with Crippen molar-refractivity contribution in [3.05, 3.63) is 23.8 Å². The quantitative estimate of drug-likeness (QED) is 0.497. The Labute approximate surface area is 158 Å². The maximum Gasteiger partial charge on any atom is 0.322 e. The Morgan fingerprint density at radius 3 is 2.38 bits per heavy atom. The number of halogens is 1. The van der Waals surface area contributed by atoms with E-state index in [4.69, 9.17) is 10.5 Å². The lowest BCUT2D eigenvalue weighted by atomic mass is 9.91. The third-order valence-electron chi connectivity index (χ3n) is 3.99. The fourth-order valence-corrected chi connectivity index (χ4v) is 3.89. The molecule has 0 aliphatic carbocycles. The largest absolute Gasteiger partial charge is 0.496 e. The molecule has 5 N–H and O–H groups in total. The number of rotatable bonds is 6. The minimum absolute atomic E-state index is 0. The van der Waals surface area contributed by atoms with Crippen molar-refractivity contribution in [3.63, 3.8) is 0 Å². The third-order valence-corrected chi connectivity index (χ3v) is 5.68. The topological polar surface area (TPSA) is 140 Å². The van der Waals surface area contributed by atoms with E-state index in [0.29, 0.717) is 0 Å². The van der Waals surface area contributed by atoms with Crippen LogP contribution in [0.2, 0.25) is 0 Å². The number of hydrogen-bond donors (Lipinski definition) is 4. The van der Waals surface area contributed by atoms with Crippen LogP contribution >= 0.6 is 12.4 Å². The lowest BCUT2D eigenvalue weighted by Gasteiger charge is -2.26. The number of amides is 3. The summed E-state index contributed by atoms with van der Waals surface area (Å²) in [6.45, 7) is 4.88. The number of ether oxygens (including phenoxy) is 1. The number of methoxy groups -OCH3 is 1. The first kappa shape index (κ1) is 22.2. The van der Waals surface area contributed by atoms with Gasteiger partial charge < -0.3 is 15.8 Å². The number of hydrogen-bond acceptors (Lipinski definition) is 6. The van der Waals surface area contributed by atoms with Gasteiger partial charge >= 0.3 is 6.03 Å². The molecular weight excluding hydrogens is 384 g/mol. The van der Waals surface area contributed by atoms with Crippen LogP contribution in [0.5, 0.6) is 5.75 Å². The van der Waals surface area contributed by atoms with E-state index in [0.717, 1.165) is 0 Å². The van der Waals surface area contributed by atoms with Gasteiger partial charge in [0.05, 0.1) is 12.0 Å². The smallest absolute Gasteiger partial charge is 0.322 e. The zero-order valence-corrected chi connectivity index (χ0v) is 16.5. The van der Waals surface area contributed by atoms with Crippen LogP contribution in [0.4, 0.5) is 4.79 Å². The summed E-state index contributed by atoms with van der Waals surface area (Å²) >= 11 is 0. The lowest BCUT2D eigenvalue weighted by Crippen LogP contribution is -2.48. The number of carbonyl (C=O) groups is 2. The molecule has 9 nitrogen and oxygen atoms in total. The molecule has 2 rings (SSSR count). The molecule has 1 heterocycles. The van der Waals surface area contributed by atoms with Gasteiger partial charge in [0.15, 0.2) is 0 Å². The molecule has 3 amide bonds. The molecule has 0 aromatic heterocycles. The van der Waals surface area contributed by atoms with Crippen molar-refractivity contribution >= 4 is 34.4 Å². The highest BCUT2D eigenvalue weighted by Crippen LogP contribution is 2.34. The summed E-state index contributed by atoms with van der Waals surface area (Å²) < 4.78 is 33.0. The Morgan fingerprint density at radius 1 is 1.31 bits per heavy atom. The fraction of sp³-hybridized carbons (Fsp3) is 0.467. The molecule has 0 spiro atoms. The molecule has 1 aliphatic heterocycles. The zero-order chi connectivity index (χ0) is 19.0. The van der Waals surface area contributed by atoms with E-state index >= 15 is 0 Å². The van der Waals surface area contributed by atoms with Crippen LogP contribution in [0.25, 0.3) is 0 Å². The predicted molar refractivity (Wildman–Crippen MR) is 97.7 cm³/mol. The van der Waals surface area contributed by atoms with Gasteiger partial charge in [-0.2, -0.15) is 0 Å². The normalized spacial score (nSPS) is 20.2. The minimum atomic E-state index is -3.89. The molecule has 1 atom stereocenters. The Bertz CT molecular complexity index is 827. The van der Waals surface area contributed by atoms with E-state index in [9.17, 15) is 18.0 Å². The van der Waals surface area contributed by atoms with Gasteiger partial charge in [0.25, 0.3) is 5.91 Å². The Morgan fingerprint density at radius 2 is 1.92 bits per heavy atom. The van der Waals surface area contributed by atoms with Crippen molar-refractivity contribution in [2.45, 2.75) is 36.7 Å². The molecule has 1 aromatic rings. The summed E-state index contributed by atoms with van der Waals surface area (Å²) in [7, 11) is -2.51. The monoisotopic (exact) mass is 406 g/mol. The number of carbonyl (C=O) groups excluding carboxylic acids is 2. The summed E-state index contributed by atoms with van der Waals surface area (Å²) in [4.78, 5) is 23.6. The molecule has 1 saturated heterocycles. The van der Waals surface area contributed by atoms with Gasteiger partial charge in [0.1, 0.15) is 11.3 Å². The summed E-state index contributed by atoms with van der Waals surface area (Å²) in [6.07, 6.45) is 0. The molecule has 0 bridgehead atoms. The number of benzene rings is 1. The van der Waals surface area contributed by atoms with Crippen molar-refractivity contribution in [1.29, 1.82) is 0 Å². The molecule has 146 valence electrons. The predicted octanol–water partition coefficient (Wildman–Crippen LogP) is 0.187. The van der Waals surface area contributed by atoms with Crippen molar-refractivity contribution in [3.8, 4) is 5.75 Å². The Hall–Kier alpha value is -1.88. The zero-order valence-electron chi connectivity index (χ0n) is 14.9. The first-order chi connectivity index (χ1) is 11.4. The highest BCUT2D eigenvalue weighted by Gasteiger charge is 2.45. The minimum Gasteiger partial charge on any atom is -0.496 e. The van der Waals surface area contributed by atoms with Crippen LogP contribution in [0.1, 0.15) is 26.3 Å². The van der Waals surface area contributed by atoms with E-state index in [1.165, 1.54) is 32.2 Å². The Kier molecular flexibility index (Phi) is 6.30. The van der Waals surface area contributed by atoms with Gasteiger partial charge in [-0.05, 0) is 39.0 Å². The van der Waals surface area contributed by atoms with E-state index in [-0.39, 0.29) is 35.2 Å². The van der Waals surface area contributed by atoms with Gasteiger partial charge in [-0.25, -0.2) is 17.9 Å². The van der Waals surface area contributed by atoms with Crippen LogP contribution in [0.3, 0.4) is 0 Å². The number of sulfonamides is 1. The van der Waals surface area contributed by atoms with Crippen molar-refractivity contribution in [1.82, 2.24) is 15.4 Å². The van der Waals surface area contributed by atoms with Crippen molar-refractivity contribution in [2.24, 2.45) is 5.73 Å². The number of nitrogens with one attached hydrogen (secondary N) is 3. The summed E-state index contributed by atoms with van der Waals surface area (Å²) in [5, 5.41) is 4.63. The molecule has 1 unspecified atom stereocenters. The first-order valence-electron chi connectivity index (χ1n) is 7.51. The van der Waals surface area contributed by atoms with Gasteiger partial charge in [-0.3, -0.25) is 10.1 Å². The average molecular weight is 407 g/mol. The van der Waals surface area contributed by atoms with E-state index in [1.54, 1.807) is 13.8 Å². The van der Waals surface area contributed by atoms with Crippen LogP contribution in [0.15, 0.2) is 23.1 Å². The molecule has 0 saturated carbocycles. The van der Waals surface area contributed by atoms with Gasteiger partial charge in [-0.15, -0.1) is 12.4 Å². The maximum atomic E-state index is 12.6. The average Bonchev–Trinajstić information content (AvgIpc) is 2.79. The standard InChI is InChI=1S/C15H22N4O5S.ClH/c1-14(2,8-16)19-25(22,23)9-5-6-11(24-4)10(7-9)15(3)12(20)17-13(21)18-15;/h5-7,19H,8,16H2,1-4H3,(H2,17,18,20,21);1H. The second-order valence-corrected chi connectivity index (χ2v) is 8.27. The third kappa shape index (κ3) is 4.09. The maximum absolute atomic E-state index is 12.6. The molecule has 26 heavy (non-hydrogen) atoms. The molecule has 1 fully saturated rings. The van der Waals surface area contributed by atoms with E-state index < -0.39 is 33.0 Å². The molecule has 1 aliphatic rings. The second kappa shape index (κ2) is 7.39. The first-order valence-corrected chi connectivity index (χ1v) is 9.00. The summed E-state index contributed by atoms with van der Waals surface area (Å²) in [5.41, 5.74) is 3.51. The van der Waals surface area contributed by atoms with Crippen LogP contribution in [-0.4, -0.2) is 39.5 Å². The molecule has 0 radical (unpaired) electrons. The fourth-order valence-electron chi connectivity index (χ4n) is 2.44. The van der Waals surface area contributed by atoms with Crippen LogP contribution in [-0.2, 0) is 20.4 Å². The van der Waals surface area contributed by atoms with Gasteiger partial charge in [-0.1, -0.05) is 0 Å². The van der Waals surface area contributed by atoms with Crippen molar-refractivity contribution in [2.75, 3.05) is 13.7 Å². The molecular formula is C15H23ClN4O5S. The molecule has 11 heteroatoms. The SMILES string of the molecule is COc1ccc(S(=O)(=O)NC(C)(C)CN)cc1C1(C)NC(=O)NC1=O.Cl. The van der Waals surface area contributed by atoms with Crippen LogP contribution < -0.4 is 25.8 Å². The highest BCUT2D eigenvalue weighted by atomic mass is 35.5. The molecule has 1 aromatic carbocycles. The Balaban J connectivity index is 0.00000338. The summed E-state index contributed by atoms with van der Waals surface area (Å²) in [5.74, 6) is -0.322. The van der Waals surface area contributed by atoms with Crippen LogP contribution in [0, 0.1) is 0 Å². The number of nitrogens with two attached hydrogens (primary N) is 1. The van der Waals surface area contributed by atoms with E-state index in [2.05, 4.69) is 15.4 Å². The second-order valence-electron chi connectivity index (χ2n) is 6.59. The number of imide groups is 1. The van der Waals surface area contributed by atoms with Gasteiger partial charge in [0.2, 0.25) is 10.0 Å². The van der Waals surface area contributed by atoms with Gasteiger partial charge in [0, 0.05) is 17.6 Å². The van der Waals surface area contributed by atoms with Crippen molar-refractivity contribution < 1.29 is 22.7 Å². The lowest BCUT2D eigenvalue weighted by molar-refractivity contribution is -0.123. The van der Waals surface area contributed by atoms with E-state index in [1.807, 2.05) is 0 Å².